The number of halogens is 1. The molecular formula is C17H25FN2. The number of nitrogens with zero attached hydrogens (tertiary/aromatic N) is 1. The molecule has 1 aromatic carbocycles. The molecule has 2 nitrogen and oxygen atoms in total. The van der Waals surface area contributed by atoms with Gasteiger partial charge < -0.3 is 5.73 Å². The lowest BCUT2D eigenvalue weighted by atomic mass is 9.87. The van der Waals surface area contributed by atoms with Crippen LogP contribution in [0.25, 0.3) is 0 Å². The number of rotatable bonds is 3. The highest BCUT2D eigenvalue weighted by molar-refractivity contribution is 5.23. The normalized spacial score (nSPS) is 29.9. The van der Waals surface area contributed by atoms with Gasteiger partial charge in [0.1, 0.15) is 5.82 Å². The van der Waals surface area contributed by atoms with E-state index in [0.717, 1.165) is 18.0 Å². The molecule has 110 valence electrons. The predicted octanol–water partition coefficient (Wildman–Crippen LogP) is 3.48. The van der Waals surface area contributed by atoms with Gasteiger partial charge in [-0.3, -0.25) is 4.90 Å². The third kappa shape index (κ3) is 2.49. The number of piperidine rings is 1. The van der Waals surface area contributed by atoms with Crippen LogP contribution in [-0.2, 0) is 0 Å². The van der Waals surface area contributed by atoms with E-state index in [1.54, 1.807) is 12.1 Å². The largest absolute Gasteiger partial charge is 0.326 e. The Labute approximate surface area is 121 Å². The number of hydrogen-bond acceptors (Lipinski definition) is 2. The first kappa shape index (κ1) is 14.0. The maximum atomic E-state index is 14.2. The second kappa shape index (κ2) is 5.82. The summed E-state index contributed by atoms with van der Waals surface area (Å²) in [6.07, 6.45) is 6.46. The summed E-state index contributed by atoms with van der Waals surface area (Å²) in [5.74, 6) is 0.687. The quantitative estimate of drug-likeness (QED) is 0.916. The molecule has 3 rings (SSSR count). The molecule has 1 saturated heterocycles. The highest BCUT2D eigenvalue weighted by atomic mass is 19.1. The SMILES string of the molecule is CC(N)C(c1ccccc1F)N1CCCC2CCCC21. The Balaban J connectivity index is 1.92. The van der Waals surface area contributed by atoms with Crippen LogP contribution in [-0.4, -0.2) is 23.5 Å². The van der Waals surface area contributed by atoms with Crippen molar-refractivity contribution in [2.75, 3.05) is 6.54 Å². The van der Waals surface area contributed by atoms with Crippen LogP contribution in [0.2, 0.25) is 0 Å². The number of benzene rings is 1. The van der Waals surface area contributed by atoms with E-state index in [0.29, 0.717) is 6.04 Å². The van der Waals surface area contributed by atoms with Crippen molar-refractivity contribution in [2.45, 2.75) is 57.2 Å². The Kier molecular flexibility index (Phi) is 4.08. The first-order chi connectivity index (χ1) is 9.68. The first-order valence-electron chi connectivity index (χ1n) is 7.94. The summed E-state index contributed by atoms with van der Waals surface area (Å²) in [5, 5.41) is 0. The summed E-state index contributed by atoms with van der Waals surface area (Å²) >= 11 is 0. The second-order valence-electron chi connectivity index (χ2n) is 6.46. The fourth-order valence-corrected chi connectivity index (χ4v) is 4.32. The molecule has 0 bridgehead atoms. The second-order valence-corrected chi connectivity index (χ2v) is 6.46. The lowest BCUT2D eigenvalue weighted by Crippen LogP contribution is -2.49. The number of fused-ring (bicyclic) bond motifs is 1. The summed E-state index contributed by atoms with van der Waals surface area (Å²) in [6.45, 7) is 3.07. The van der Waals surface area contributed by atoms with Crippen LogP contribution in [0, 0.1) is 11.7 Å². The van der Waals surface area contributed by atoms with Gasteiger partial charge in [-0.05, 0) is 51.1 Å². The van der Waals surface area contributed by atoms with Crippen molar-refractivity contribution in [3.05, 3.63) is 35.6 Å². The topological polar surface area (TPSA) is 29.3 Å². The summed E-state index contributed by atoms with van der Waals surface area (Å²) < 4.78 is 14.2. The zero-order valence-electron chi connectivity index (χ0n) is 12.3. The van der Waals surface area contributed by atoms with E-state index in [1.165, 1.54) is 32.1 Å². The molecule has 4 atom stereocenters. The number of likely N-dealkylation sites (tertiary alicyclic amines) is 1. The van der Waals surface area contributed by atoms with Crippen LogP contribution in [0.15, 0.2) is 24.3 Å². The molecule has 0 radical (unpaired) electrons. The number of nitrogens with two attached hydrogens (primary N) is 1. The molecule has 4 unspecified atom stereocenters. The van der Waals surface area contributed by atoms with Crippen molar-refractivity contribution >= 4 is 0 Å². The van der Waals surface area contributed by atoms with Crippen molar-refractivity contribution in [2.24, 2.45) is 11.7 Å². The van der Waals surface area contributed by atoms with Crippen LogP contribution in [0.4, 0.5) is 4.39 Å². The average molecular weight is 276 g/mol. The van der Waals surface area contributed by atoms with Gasteiger partial charge in [0.2, 0.25) is 0 Å². The Morgan fingerprint density at radius 3 is 2.70 bits per heavy atom. The van der Waals surface area contributed by atoms with Gasteiger partial charge >= 0.3 is 0 Å². The summed E-state index contributed by atoms with van der Waals surface area (Å²) in [7, 11) is 0. The first-order valence-corrected chi connectivity index (χ1v) is 7.94. The summed E-state index contributed by atoms with van der Waals surface area (Å²) in [5.41, 5.74) is 7.02. The Hall–Kier alpha value is -0.930. The molecule has 1 aliphatic heterocycles. The zero-order chi connectivity index (χ0) is 14.1. The maximum absolute atomic E-state index is 14.2. The molecule has 0 aromatic heterocycles. The summed E-state index contributed by atoms with van der Waals surface area (Å²) in [6, 6.07) is 7.71. The summed E-state index contributed by atoms with van der Waals surface area (Å²) in [4.78, 5) is 2.50. The lowest BCUT2D eigenvalue weighted by Gasteiger charge is -2.44. The highest BCUT2D eigenvalue weighted by Gasteiger charge is 2.40. The van der Waals surface area contributed by atoms with E-state index in [2.05, 4.69) is 4.90 Å². The van der Waals surface area contributed by atoms with E-state index in [4.69, 9.17) is 5.73 Å². The molecule has 2 N–H and O–H groups in total. The minimum absolute atomic E-state index is 0.0158. The predicted molar refractivity (Wildman–Crippen MR) is 79.9 cm³/mol. The van der Waals surface area contributed by atoms with Crippen molar-refractivity contribution in [1.29, 1.82) is 0 Å². The van der Waals surface area contributed by atoms with Gasteiger partial charge in [-0.15, -0.1) is 0 Å². The van der Waals surface area contributed by atoms with Gasteiger partial charge in [0.15, 0.2) is 0 Å². The molecule has 1 heterocycles. The Bertz CT molecular complexity index is 460. The molecule has 2 aliphatic rings. The number of hydrogen-bond donors (Lipinski definition) is 1. The van der Waals surface area contributed by atoms with Crippen LogP contribution < -0.4 is 5.73 Å². The third-order valence-corrected chi connectivity index (χ3v) is 5.12. The molecule has 0 spiro atoms. The van der Waals surface area contributed by atoms with Gasteiger partial charge in [0.25, 0.3) is 0 Å². The molecule has 3 heteroatoms. The Morgan fingerprint density at radius 1 is 1.20 bits per heavy atom. The zero-order valence-corrected chi connectivity index (χ0v) is 12.3. The van der Waals surface area contributed by atoms with E-state index in [1.807, 2.05) is 19.1 Å². The van der Waals surface area contributed by atoms with Crippen LogP contribution >= 0.6 is 0 Å². The van der Waals surface area contributed by atoms with Crippen LogP contribution in [0.5, 0.6) is 0 Å². The van der Waals surface area contributed by atoms with E-state index in [9.17, 15) is 4.39 Å². The van der Waals surface area contributed by atoms with Gasteiger partial charge in [-0.1, -0.05) is 24.6 Å². The van der Waals surface area contributed by atoms with Gasteiger partial charge in [-0.2, -0.15) is 0 Å². The molecule has 2 fully saturated rings. The average Bonchev–Trinajstić information content (AvgIpc) is 2.90. The van der Waals surface area contributed by atoms with Crippen molar-refractivity contribution < 1.29 is 4.39 Å². The Morgan fingerprint density at radius 2 is 1.95 bits per heavy atom. The van der Waals surface area contributed by atoms with Crippen molar-refractivity contribution in [3.8, 4) is 0 Å². The minimum Gasteiger partial charge on any atom is -0.326 e. The standard InChI is InChI=1S/C17H25FN2/c1-12(19)17(14-8-2-3-9-15(14)18)20-11-5-7-13-6-4-10-16(13)20/h2-3,8-9,12-13,16-17H,4-7,10-11,19H2,1H3. The molecular weight excluding hydrogens is 251 g/mol. The molecule has 1 aromatic rings. The molecule has 20 heavy (non-hydrogen) atoms. The van der Waals surface area contributed by atoms with Crippen LogP contribution in [0.1, 0.15) is 50.6 Å². The van der Waals surface area contributed by atoms with Gasteiger partial charge in [-0.25, -0.2) is 4.39 Å². The highest BCUT2D eigenvalue weighted by Crippen LogP contribution is 2.41. The maximum Gasteiger partial charge on any atom is 0.128 e. The van der Waals surface area contributed by atoms with Crippen molar-refractivity contribution in [1.82, 2.24) is 4.90 Å². The van der Waals surface area contributed by atoms with E-state index >= 15 is 0 Å². The fraction of sp³-hybridized carbons (Fsp3) is 0.647. The van der Waals surface area contributed by atoms with Crippen LogP contribution in [0.3, 0.4) is 0 Å². The van der Waals surface area contributed by atoms with Gasteiger partial charge in [0, 0.05) is 17.6 Å². The molecule has 1 saturated carbocycles. The minimum atomic E-state index is -0.116. The molecule has 0 amide bonds. The van der Waals surface area contributed by atoms with Gasteiger partial charge in [0.05, 0.1) is 6.04 Å². The van der Waals surface area contributed by atoms with E-state index in [-0.39, 0.29) is 17.9 Å². The smallest absolute Gasteiger partial charge is 0.128 e. The molecule has 1 aliphatic carbocycles. The van der Waals surface area contributed by atoms with E-state index < -0.39 is 0 Å². The fourth-order valence-electron chi connectivity index (χ4n) is 4.32. The monoisotopic (exact) mass is 276 g/mol. The van der Waals surface area contributed by atoms with Crippen molar-refractivity contribution in [3.63, 3.8) is 0 Å². The lowest BCUT2D eigenvalue weighted by molar-refractivity contribution is 0.0555. The third-order valence-electron chi connectivity index (χ3n) is 5.12.